The van der Waals surface area contributed by atoms with Crippen molar-refractivity contribution in [3.8, 4) is 22.8 Å². The van der Waals surface area contributed by atoms with Crippen LogP contribution in [0.1, 0.15) is 19.3 Å². The first-order chi connectivity index (χ1) is 14.1. The van der Waals surface area contributed by atoms with Crippen LogP contribution in [0.2, 0.25) is 0 Å². The third-order valence-electron chi connectivity index (χ3n) is 5.99. The monoisotopic (exact) mass is 395 g/mol. The fourth-order valence-corrected chi connectivity index (χ4v) is 4.35. The van der Waals surface area contributed by atoms with E-state index in [9.17, 15) is 9.50 Å². The van der Waals surface area contributed by atoms with Crippen molar-refractivity contribution in [2.75, 3.05) is 11.9 Å². The number of hydrogen-bond acceptors (Lipinski definition) is 7. The normalized spacial score (nSPS) is 25.9. The first kappa shape index (κ1) is 18.0. The number of halogens is 1. The van der Waals surface area contributed by atoms with Crippen molar-refractivity contribution < 1.29 is 9.50 Å². The van der Waals surface area contributed by atoms with Gasteiger partial charge in [0.15, 0.2) is 11.6 Å². The molecule has 2 fully saturated rings. The van der Waals surface area contributed by atoms with E-state index in [1.807, 2.05) is 18.0 Å². The van der Waals surface area contributed by atoms with Gasteiger partial charge in [-0.1, -0.05) is 0 Å². The quantitative estimate of drug-likeness (QED) is 0.699. The predicted octanol–water partition coefficient (Wildman–Crippen LogP) is 2.10. The Morgan fingerprint density at radius 3 is 2.90 bits per heavy atom. The smallest absolute Gasteiger partial charge is 0.185 e. The van der Waals surface area contributed by atoms with Gasteiger partial charge >= 0.3 is 0 Å². The van der Waals surface area contributed by atoms with Crippen LogP contribution < -0.4 is 10.2 Å². The van der Waals surface area contributed by atoms with Gasteiger partial charge in [0.25, 0.3) is 0 Å². The van der Waals surface area contributed by atoms with E-state index in [-0.39, 0.29) is 17.8 Å². The number of anilines is 1. The summed E-state index contributed by atoms with van der Waals surface area (Å²) in [5, 5.41) is 22.2. The van der Waals surface area contributed by atoms with E-state index in [1.54, 1.807) is 41.6 Å². The topological polar surface area (TPSA) is 92.0 Å². The maximum absolute atomic E-state index is 14.8. The molecule has 9 heteroatoms. The molecule has 2 aliphatic rings. The molecular formula is C20H22FN7O. The van der Waals surface area contributed by atoms with Crippen LogP contribution in [-0.2, 0) is 0 Å². The number of hydrogen-bond donors (Lipinski definition) is 2. The zero-order chi connectivity index (χ0) is 20.0. The fraction of sp³-hybridized carbons (Fsp3) is 0.400. The SMILES string of the molecule is CN(c1cnc(-c2ccc(-n3ccnc3)cc2O)nn1)[C@@H]1C[C@H]2CC[C@H](N2)[C@@H]1F. The van der Waals surface area contributed by atoms with Gasteiger partial charge in [-0.05, 0) is 31.4 Å². The number of benzene rings is 1. The van der Waals surface area contributed by atoms with Gasteiger partial charge in [-0.3, -0.25) is 0 Å². The predicted molar refractivity (Wildman–Crippen MR) is 106 cm³/mol. The minimum Gasteiger partial charge on any atom is -0.507 e. The lowest BCUT2D eigenvalue weighted by Gasteiger charge is -2.38. The Balaban J connectivity index is 1.36. The van der Waals surface area contributed by atoms with Crippen LogP contribution in [0.15, 0.2) is 43.1 Å². The van der Waals surface area contributed by atoms with Crippen LogP contribution in [0.3, 0.4) is 0 Å². The van der Waals surface area contributed by atoms with Crippen LogP contribution in [0.4, 0.5) is 10.2 Å². The van der Waals surface area contributed by atoms with Crippen molar-refractivity contribution in [2.45, 2.75) is 43.6 Å². The number of imidazole rings is 1. The summed E-state index contributed by atoms with van der Waals surface area (Å²) in [6.07, 6.45) is 8.41. The second kappa shape index (κ2) is 7.07. The Morgan fingerprint density at radius 2 is 2.17 bits per heavy atom. The summed E-state index contributed by atoms with van der Waals surface area (Å²) in [4.78, 5) is 10.2. The van der Waals surface area contributed by atoms with E-state index >= 15 is 0 Å². The van der Waals surface area contributed by atoms with Gasteiger partial charge in [-0.25, -0.2) is 14.4 Å². The number of fused-ring (bicyclic) bond motifs is 2. The molecule has 0 radical (unpaired) electrons. The summed E-state index contributed by atoms with van der Waals surface area (Å²) in [6.45, 7) is 0. The van der Waals surface area contributed by atoms with Crippen molar-refractivity contribution in [2.24, 2.45) is 0 Å². The summed E-state index contributed by atoms with van der Waals surface area (Å²) in [5.74, 6) is 0.897. The molecular weight excluding hydrogens is 373 g/mol. The number of aromatic hydroxyl groups is 1. The fourth-order valence-electron chi connectivity index (χ4n) is 4.35. The average molecular weight is 395 g/mol. The molecule has 29 heavy (non-hydrogen) atoms. The number of phenols is 1. The van der Waals surface area contributed by atoms with Crippen molar-refractivity contribution in [3.63, 3.8) is 0 Å². The van der Waals surface area contributed by atoms with Gasteiger partial charge in [0.1, 0.15) is 11.9 Å². The largest absolute Gasteiger partial charge is 0.507 e. The lowest BCUT2D eigenvalue weighted by atomic mass is 9.96. The first-order valence-electron chi connectivity index (χ1n) is 9.74. The second-order valence-corrected chi connectivity index (χ2v) is 7.72. The summed E-state index contributed by atoms with van der Waals surface area (Å²) in [7, 11) is 1.84. The molecule has 0 unspecified atom stereocenters. The summed E-state index contributed by atoms with van der Waals surface area (Å²) in [6, 6.07) is 5.27. The highest BCUT2D eigenvalue weighted by atomic mass is 19.1. The minimum absolute atomic E-state index is 0.0536. The van der Waals surface area contributed by atoms with Crippen molar-refractivity contribution in [1.29, 1.82) is 0 Å². The number of rotatable bonds is 4. The molecule has 4 atom stereocenters. The molecule has 0 saturated carbocycles. The van der Waals surface area contributed by atoms with E-state index in [0.717, 1.165) is 24.9 Å². The molecule has 1 aromatic carbocycles. The van der Waals surface area contributed by atoms with Gasteiger partial charge in [0.2, 0.25) is 0 Å². The third kappa shape index (κ3) is 3.21. The molecule has 5 rings (SSSR count). The molecule has 2 aromatic heterocycles. The van der Waals surface area contributed by atoms with Crippen molar-refractivity contribution in [3.05, 3.63) is 43.1 Å². The Labute approximate surface area is 167 Å². The van der Waals surface area contributed by atoms with Crippen LogP contribution in [0.25, 0.3) is 17.1 Å². The molecule has 0 aliphatic carbocycles. The van der Waals surface area contributed by atoms with Gasteiger partial charge in [-0.15, -0.1) is 10.2 Å². The number of piperidine rings is 1. The molecule has 2 bridgehead atoms. The number of nitrogens with one attached hydrogen (secondary N) is 1. The van der Waals surface area contributed by atoms with Crippen LogP contribution in [0.5, 0.6) is 5.75 Å². The Bertz CT molecular complexity index is 995. The maximum atomic E-state index is 14.8. The Hall–Kier alpha value is -3.07. The third-order valence-corrected chi connectivity index (χ3v) is 5.99. The van der Waals surface area contributed by atoms with Crippen LogP contribution in [0, 0.1) is 0 Å². The van der Waals surface area contributed by atoms with E-state index in [4.69, 9.17) is 0 Å². The summed E-state index contributed by atoms with van der Waals surface area (Å²) < 4.78 is 16.6. The Kier molecular flexibility index (Phi) is 4.39. The highest BCUT2D eigenvalue weighted by molar-refractivity contribution is 5.66. The van der Waals surface area contributed by atoms with Gasteiger partial charge in [0.05, 0.1) is 29.8 Å². The molecule has 8 nitrogen and oxygen atoms in total. The number of phenolic OH excluding ortho intramolecular Hbond substituents is 1. The standard InChI is InChI=1S/C20H22FN7O/c1-27(16-8-12-2-5-15(24-12)19(16)21)18-10-23-20(26-25-18)14-4-3-13(9-17(14)29)28-7-6-22-11-28/h3-4,6-7,9-12,15-16,19,24,29H,2,5,8H2,1H3/t12-,15+,16-,19+/m1/s1. The van der Waals surface area contributed by atoms with Gasteiger partial charge < -0.3 is 19.9 Å². The molecule has 0 spiro atoms. The lowest BCUT2D eigenvalue weighted by molar-refractivity contribution is 0.176. The summed E-state index contributed by atoms with van der Waals surface area (Å²) >= 11 is 0. The average Bonchev–Trinajstić information content (AvgIpc) is 3.41. The van der Waals surface area contributed by atoms with Crippen LogP contribution in [-0.4, -0.2) is 61.2 Å². The summed E-state index contributed by atoms with van der Waals surface area (Å²) in [5.41, 5.74) is 1.27. The number of aromatic nitrogens is 5. The van der Waals surface area contributed by atoms with Crippen molar-refractivity contribution in [1.82, 2.24) is 30.0 Å². The number of nitrogens with zero attached hydrogens (tertiary/aromatic N) is 6. The molecule has 2 saturated heterocycles. The van der Waals surface area contributed by atoms with Gasteiger partial charge in [-0.2, -0.15) is 0 Å². The highest BCUT2D eigenvalue weighted by Crippen LogP contribution is 2.33. The second-order valence-electron chi connectivity index (χ2n) is 7.72. The van der Waals surface area contributed by atoms with E-state index in [2.05, 4.69) is 25.5 Å². The molecule has 2 aliphatic heterocycles. The molecule has 2 N–H and O–H groups in total. The molecule has 150 valence electrons. The maximum Gasteiger partial charge on any atom is 0.185 e. The van der Waals surface area contributed by atoms with Gasteiger partial charge in [0, 0.05) is 37.6 Å². The van der Waals surface area contributed by atoms with E-state index in [1.165, 1.54) is 0 Å². The van der Waals surface area contributed by atoms with Crippen LogP contribution >= 0.6 is 0 Å². The van der Waals surface area contributed by atoms with E-state index in [0.29, 0.717) is 23.2 Å². The molecule has 4 heterocycles. The zero-order valence-corrected chi connectivity index (χ0v) is 16.0. The van der Waals surface area contributed by atoms with Crippen molar-refractivity contribution >= 4 is 5.82 Å². The first-order valence-corrected chi connectivity index (χ1v) is 9.74. The zero-order valence-electron chi connectivity index (χ0n) is 16.0. The molecule has 3 aromatic rings. The minimum atomic E-state index is -0.944. The number of alkyl halides is 1. The van der Waals surface area contributed by atoms with E-state index < -0.39 is 6.17 Å². The molecule has 0 amide bonds. The highest BCUT2D eigenvalue weighted by Gasteiger charge is 2.43. The lowest BCUT2D eigenvalue weighted by Crippen LogP contribution is -2.55. The Morgan fingerprint density at radius 1 is 1.28 bits per heavy atom.